The standard InChI is InChI=1S/2C12H19.6Mn/c2*1-3-9-5-6-11-8-12(9)7-10(11)4-2;;;;;;/h2*9,11-12H,1-8H2;;;;;;/q2*-3;;;;+2;2*+3. The largest absolute Gasteiger partial charge is 3.00 e. The van der Waals surface area contributed by atoms with Crippen molar-refractivity contribution >= 4 is 0 Å². The summed E-state index contributed by atoms with van der Waals surface area (Å²) in [6.45, 7) is 16.2. The second-order valence-electron chi connectivity index (χ2n) is 8.86. The SMILES string of the molecule is [CH2-]C[C-]1CC2CC1CCC2C[CH2-].[CH2-]C[C-]1CC2CC1CCC2C[CH2-].[Mn+2].[Mn+3].[Mn+3].[Mn].[Mn].[Mn]. The molecule has 0 aromatic rings. The molecule has 4 rings (SSSR count). The van der Waals surface area contributed by atoms with Crippen molar-refractivity contribution in [2.24, 2.45) is 35.5 Å². The molecule has 6 unspecified atom stereocenters. The summed E-state index contributed by atoms with van der Waals surface area (Å²) in [5.74, 6) is 9.27. The van der Waals surface area contributed by atoms with Gasteiger partial charge < -0.3 is 52.4 Å². The first kappa shape index (κ1) is 40.3. The predicted octanol–water partition coefficient (Wildman–Crippen LogP) is 6.88. The zero-order valence-electron chi connectivity index (χ0n) is 18.0. The maximum atomic E-state index is 4.05. The second kappa shape index (κ2) is 20.3. The molecule has 0 saturated heterocycles. The van der Waals surface area contributed by atoms with E-state index in [0.29, 0.717) is 0 Å². The molecule has 4 aliphatic rings. The molecule has 0 heterocycles. The van der Waals surface area contributed by atoms with E-state index in [1.165, 1.54) is 51.4 Å². The van der Waals surface area contributed by atoms with Gasteiger partial charge in [0.25, 0.3) is 0 Å². The van der Waals surface area contributed by atoms with Gasteiger partial charge in [0, 0.05) is 51.2 Å². The van der Waals surface area contributed by atoms with Crippen LogP contribution in [0.4, 0.5) is 0 Å². The van der Waals surface area contributed by atoms with Gasteiger partial charge in [0.1, 0.15) is 0 Å². The van der Waals surface area contributed by atoms with E-state index in [4.69, 9.17) is 0 Å². The maximum absolute atomic E-state index is 4.05. The Morgan fingerprint density at radius 1 is 0.600 bits per heavy atom. The molecule has 4 bridgehead atoms. The first-order valence-corrected chi connectivity index (χ1v) is 10.6. The fourth-order valence-electron chi connectivity index (χ4n) is 6.27. The molecule has 6 atom stereocenters. The zero-order chi connectivity index (χ0) is 17.1. The van der Waals surface area contributed by atoms with E-state index in [9.17, 15) is 0 Å². The second-order valence-corrected chi connectivity index (χ2v) is 8.86. The number of hydrogen-bond acceptors (Lipinski definition) is 0. The van der Waals surface area contributed by atoms with Gasteiger partial charge in [-0.1, -0.05) is 62.2 Å². The van der Waals surface area contributed by atoms with E-state index in [2.05, 4.69) is 27.7 Å². The topological polar surface area (TPSA) is 0 Å². The van der Waals surface area contributed by atoms with Crippen molar-refractivity contribution in [1.82, 2.24) is 0 Å². The number of fused-ring (bicyclic) bond motifs is 4. The molecule has 0 N–H and O–H groups in total. The molecule has 0 amide bonds. The van der Waals surface area contributed by atoms with E-state index >= 15 is 0 Å². The van der Waals surface area contributed by atoms with Gasteiger partial charge in [0.05, 0.1) is 0 Å². The zero-order valence-corrected chi connectivity index (χ0v) is 25.1. The van der Waals surface area contributed by atoms with Gasteiger partial charge in [-0.25, -0.2) is 0 Å². The van der Waals surface area contributed by atoms with Crippen molar-refractivity contribution in [3.63, 3.8) is 0 Å². The van der Waals surface area contributed by atoms with Crippen LogP contribution in [0.2, 0.25) is 0 Å². The Kier molecular flexibility index (Phi) is 27.3. The fraction of sp³-hybridized carbons (Fsp3) is 0.750. The Bertz CT molecular complexity index is 354. The molecule has 0 nitrogen and oxygen atoms in total. The monoisotopic (exact) mass is 656 g/mol. The summed E-state index contributed by atoms with van der Waals surface area (Å²) >= 11 is 0. The van der Waals surface area contributed by atoms with E-state index in [-0.39, 0.29) is 102 Å². The van der Waals surface area contributed by atoms with Gasteiger partial charge >= 0.3 is 51.2 Å². The van der Waals surface area contributed by atoms with E-state index in [1.54, 1.807) is 11.8 Å². The Balaban J connectivity index is -0.000000188. The van der Waals surface area contributed by atoms with E-state index in [1.807, 2.05) is 0 Å². The van der Waals surface area contributed by atoms with Crippen molar-refractivity contribution < 1.29 is 102 Å². The maximum Gasteiger partial charge on any atom is 3.00 e. The average molecular weight is 656 g/mol. The number of hydrogen-bond donors (Lipinski definition) is 0. The molecular weight excluding hydrogens is 618 g/mol. The van der Waals surface area contributed by atoms with Crippen LogP contribution >= 0.6 is 0 Å². The molecule has 0 aliphatic heterocycles. The number of rotatable bonds is 4. The quantitative estimate of drug-likeness (QED) is 0.229. The van der Waals surface area contributed by atoms with E-state index < -0.39 is 0 Å². The van der Waals surface area contributed by atoms with Crippen molar-refractivity contribution in [1.29, 1.82) is 0 Å². The van der Waals surface area contributed by atoms with Crippen LogP contribution in [0.1, 0.15) is 77.0 Å². The Morgan fingerprint density at radius 2 is 0.933 bits per heavy atom. The van der Waals surface area contributed by atoms with Gasteiger partial charge in [-0.05, 0) is 0 Å². The van der Waals surface area contributed by atoms with Crippen molar-refractivity contribution in [2.75, 3.05) is 0 Å². The van der Waals surface area contributed by atoms with Crippen LogP contribution in [-0.2, 0) is 102 Å². The van der Waals surface area contributed by atoms with Crippen molar-refractivity contribution in [2.45, 2.75) is 77.0 Å². The summed E-state index contributed by atoms with van der Waals surface area (Å²) < 4.78 is 0. The van der Waals surface area contributed by atoms with Crippen LogP contribution in [0, 0.1) is 75.0 Å². The summed E-state index contributed by atoms with van der Waals surface area (Å²) in [5, 5.41) is 0. The minimum absolute atomic E-state index is 0. The Hall–Kier alpha value is 3.12. The van der Waals surface area contributed by atoms with Crippen LogP contribution in [0.15, 0.2) is 0 Å². The van der Waals surface area contributed by atoms with Crippen molar-refractivity contribution in [3.8, 4) is 0 Å². The fourth-order valence-corrected chi connectivity index (χ4v) is 6.27. The third kappa shape index (κ3) is 10.0. The molecule has 30 heavy (non-hydrogen) atoms. The van der Waals surface area contributed by atoms with E-state index in [0.717, 1.165) is 61.2 Å². The summed E-state index contributed by atoms with van der Waals surface area (Å²) in [6, 6.07) is 0. The molecule has 4 saturated carbocycles. The molecule has 4 aliphatic carbocycles. The minimum Gasteiger partial charge on any atom is -0.372 e. The summed E-state index contributed by atoms with van der Waals surface area (Å²) in [5.41, 5.74) is 0. The molecule has 174 valence electrons. The molecule has 0 spiro atoms. The minimum atomic E-state index is 0. The van der Waals surface area contributed by atoms with Crippen LogP contribution in [-0.4, -0.2) is 0 Å². The molecule has 4 radical (unpaired) electrons. The first-order chi connectivity index (χ1) is 11.7. The summed E-state index contributed by atoms with van der Waals surface area (Å²) in [7, 11) is 0. The average Bonchev–Trinajstić information content (AvgIpc) is 3.13. The molecule has 6 heteroatoms. The smallest absolute Gasteiger partial charge is 0.372 e. The third-order valence-corrected chi connectivity index (χ3v) is 7.87. The normalized spacial score (nSPS) is 33.6. The summed E-state index contributed by atoms with van der Waals surface area (Å²) in [6.07, 6.45) is 15.9. The Labute approximate surface area is 252 Å². The molecular formula is C24H38Mn6+2. The predicted molar refractivity (Wildman–Crippen MR) is 104 cm³/mol. The molecule has 4 fully saturated rings. The molecule has 0 aromatic heterocycles. The van der Waals surface area contributed by atoms with Crippen LogP contribution < -0.4 is 0 Å². The third-order valence-electron chi connectivity index (χ3n) is 7.87. The first-order valence-electron chi connectivity index (χ1n) is 10.6. The van der Waals surface area contributed by atoms with Gasteiger partial charge in [-0.3, -0.25) is 0 Å². The molecule has 0 aromatic carbocycles. The van der Waals surface area contributed by atoms with Gasteiger partial charge in [-0.15, -0.1) is 0 Å². The van der Waals surface area contributed by atoms with Gasteiger partial charge in [0.15, 0.2) is 0 Å². The van der Waals surface area contributed by atoms with Crippen LogP contribution in [0.25, 0.3) is 0 Å². The summed E-state index contributed by atoms with van der Waals surface area (Å²) in [4.78, 5) is 0. The van der Waals surface area contributed by atoms with Gasteiger partial charge in [0.2, 0.25) is 0 Å². The van der Waals surface area contributed by atoms with Crippen molar-refractivity contribution in [3.05, 3.63) is 39.5 Å². The van der Waals surface area contributed by atoms with Crippen LogP contribution in [0.5, 0.6) is 0 Å². The van der Waals surface area contributed by atoms with Crippen LogP contribution in [0.3, 0.4) is 0 Å². The Morgan fingerprint density at radius 3 is 1.20 bits per heavy atom. The van der Waals surface area contributed by atoms with Gasteiger partial charge in [-0.2, -0.15) is 37.5 Å².